The number of nitrogens with one attached hydrogen (secondary N) is 1. The van der Waals surface area contributed by atoms with Crippen LogP contribution in [0.1, 0.15) is 11.1 Å². The molecule has 8 heteroatoms. The number of nitrogens with zero attached hydrogens (tertiary/aromatic N) is 3. The number of fused-ring (bicyclic) bond motifs is 1. The highest BCUT2D eigenvalue weighted by molar-refractivity contribution is 9.10. The largest absolute Gasteiger partial charge is 0.482 e. The molecule has 4 aromatic rings. The average Bonchev–Trinajstić information content (AvgIpc) is 3.24. The topological polar surface area (TPSA) is 68.0 Å². The summed E-state index contributed by atoms with van der Waals surface area (Å²) in [5.41, 5.74) is 4.53. The first-order valence-corrected chi connectivity index (χ1v) is 11.9. The summed E-state index contributed by atoms with van der Waals surface area (Å²) in [5, 5.41) is 9.66. The fourth-order valence-corrected chi connectivity index (χ4v) is 4.67. The molecular formula is C25H19BrN4O2S. The second kappa shape index (κ2) is 9.56. The third-order valence-electron chi connectivity index (χ3n) is 5.00. The molecule has 6 nitrogen and oxygen atoms in total. The molecule has 1 aromatic heterocycles. The van der Waals surface area contributed by atoms with Crippen LogP contribution in [0.25, 0.3) is 11.3 Å². The summed E-state index contributed by atoms with van der Waals surface area (Å²) in [6.07, 6.45) is 1.81. The maximum absolute atomic E-state index is 11.8. The quantitative estimate of drug-likeness (QED) is 0.364. The molecule has 1 aliphatic heterocycles. The van der Waals surface area contributed by atoms with Crippen LogP contribution >= 0.6 is 27.3 Å². The Morgan fingerprint density at radius 2 is 1.97 bits per heavy atom. The van der Waals surface area contributed by atoms with Crippen molar-refractivity contribution >= 4 is 45.1 Å². The number of rotatable bonds is 5. The van der Waals surface area contributed by atoms with E-state index in [9.17, 15) is 4.79 Å². The molecular weight excluding hydrogens is 500 g/mol. The van der Waals surface area contributed by atoms with Crippen molar-refractivity contribution in [1.29, 1.82) is 0 Å². The van der Waals surface area contributed by atoms with Gasteiger partial charge in [0.2, 0.25) is 4.80 Å². The molecule has 2 heterocycles. The SMILES string of the molecule is O=C1COc2ccc(-c3csc(=NCc4ccccc4)n3N=Cc3cccc(Br)c3)cc2N1. The minimum Gasteiger partial charge on any atom is -0.482 e. The Morgan fingerprint density at radius 1 is 1.09 bits per heavy atom. The van der Waals surface area contributed by atoms with Crippen LogP contribution in [0.4, 0.5) is 5.69 Å². The van der Waals surface area contributed by atoms with Gasteiger partial charge in [-0.3, -0.25) is 9.79 Å². The normalized spacial score (nSPS) is 13.6. The lowest BCUT2D eigenvalue weighted by Gasteiger charge is -2.18. The standard InChI is InChI=1S/C25H19BrN4O2S/c26-20-8-4-7-18(11-20)14-28-30-22(16-33-25(30)27-13-17-5-2-1-3-6-17)19-9-10-23-21(12-19)29-24(31)15-32-23/h1-12,14,16H,13,15H2,(H,29,31). The summed E-state index contributed by atoms with van der Waals surface area (Å²) < 4.78 is 8.32. The van der Waals surface area contributed by atoms with E-state index in [1.54, 1.807) is 0 Å². The lowest BCUT2D eigenvalue weighted by Crippen LogP contribution is -2.25. The third-order valence-corrected chi connectivity index (χ3v) is 6.35. The maximum Gasteiger partial charge on any atom is 0.262 e. The summed E-state index contributed by atoms with van der Waals surface area (Å²) in [5.74, 6) is 0.496. The first-order chi connectivity index (χ1) is 16.2. The number of thiazole rings is 1. The van der Waals surface area contributed by atoms with Crippen LogP contribution in [0.2, 0.25) is 0 Å². The zero-order chi connectivity index (χ0) is 22.6. The van der Waals surface area contributed by atoms with E-state index >= 15 is 0 Å². The number of carbonyl (C=O) groups excluding carboxylic acids is 1. The van der Waals surface area contributed by atoms with Crippen LogP contribution in [-0.4, -0.2) is 23.4 Å². The van der Waals surface area contributed by atoms with Crippen LogP contribution in [0, 0.1) is 0 Å². The van der Waals surface area contributed by atoms with Gasteiger partial charge in [-0.2, -0.15) is 5.10 Å². The van der Waals surface area contributed by atoms with Crippen LogP contribution in [0.5, 0.6) is 5.75 Å². The van der Waals surface area contributed by atoms with Crippen molar-refractivity contribution in [2.45, 2.75) is 6.54 Å². The van der Waals surface area contributed by atoms with E-state index in [-0.39, 0.29) is 12.5 Å². The Kier molecular flexibility index (Phi) is 6.19. The lowest BCUT2D eigenvalue weighted by molar-refractivity contribution is -0.118. The van der Waals surface area contributed by atoms with Crippen molar-refractivity contribution in [2.75, 3.05) is 11.9 Å². The zero-order valence-corrected chi connectivity index (χ0v) is 19.8. The van der Waals surface area contributed by atoms with E-state index in [0.29, 0.717) is 18.0 Å². The number of carbonyl (C=O) groups is 1. The molecule has 1 aliphatic rings. The van der Waals surface area contributed by atoms with Gasteiger partial charge in [0.25, 0.3) is 5.91 Å². The minimum absolute atomic E-state index is 0.0320. The van der Waals surface area contributed by atoms with Gasteiger partial charge in [-0.15, -0.1) is 11.3 Å². The van der Waals surface area contributed by atoms with Crippen molar-refractivity contribution in [3.8, 4) is 17.0 Å². The Morgan fingerprint density at radius 3 is 2.82 bits per heavy atom. The van der Waals surface area contributed by atoms with Crippen molar-refractivity contribution in [2.24, 2.45) is 10.1 Å². The summed E-state index contributed by atoms with van der Waals surface area (Å²) in [6, 6.07) is 23.8. The first kappa shape index (κ1) is 21.4. The van der Waals surface area contributed by atoms with E-state index in [2.05, 4.69) is 33.4 Å². The summed E-state index contributed by atoms with van der Waals surface area (Å²) in [7, 11) is 0. The van der Waals surface area contributed by atoms with E-state index in [1.807, 2.05) is 76.9 Å². The molecule has 0 saturated heterocycles. The molecule has 1 N–H and O–H groups in total. The van der Waals surface area contributed by atoms with E-state index in [0.717, 1.165) is 31.7 Å². The van der Waals surface area contributed by atoms with Gasteiger partial charge in [0, 0.05) is 15.4 Å². The van der Waals surface area contributed by atoms with Gasteiger partial charge in [-0.05, 0) is 41.5 Å². The number of hydrogen-bond donors (Lipinski definition) is 1. The van der Waals surface area contributed by atoms with Gasteiger partial charge in [-0.1, -0.05) is 58.4 Å². The van der Waals surface area contributed by atoms with Gasteiger partial charge in [0.1, 0.15) is 5.75 Å². The predicted molar refractivity (Wildman–Crippen MR) is 135 cm³/mol. The van der Waals surface area contributed by atoms with E-state index < -0.39 is 0 Å². The average molecular weight is 519 g/mol. The highest BCUT2D eigenvalue weighted by atomic mass is 79.9. The molecule has 1 amide bonds. The minimum atomic E-state index is -0.163. The molecule has 0 saturated carbocycles. The number of anilines is 1. The second-order valence-electron chi connectivity index (χ2n) is 7.36. The molecule has 0 spiro atoms. The summed E-state index contributed by atoms with van der Waals surface area (Å²) in [6.45, 7) is 0.589. The molecule has 5 rings (SSSR count). The van der Waals surface area contributed by atoms with Crippen molar-refractivity contribution in [1.82, 2.24) is 4.68 Å². The molecule has 33 heavy (non-hydrogen) atoms. The van der Waals surface area contributed by atoms with Crippen LogP contribution in [-0.2, 0) is 11.3 Å². The van der Waals surface area contributed by atoms with Gasteiger partial charge in [-0.25, -0.2) is 4.68 Å². The van der Waals surface area contributed by atoms with Gasteiger partial charge >= 0.3 is 0 Å². The molecule has 0 unspecified atom stereocenters. The van der Waals surface area contributed by atoms with Crippen LogP contribution < -0.4 is 14.9 Å². The molecule has 0 fully saturated rings. The third kappa shape index (κ3) is 4.97. The van der Waals surface area contributed by atoms with Gasteiger partial charge in [0.15, 0.2) is 6.61 Å². The Hall–Kier alpha value is -3.49. The van der Waals surface area contributed by atoms with Gasteiger partial charge in [0.05, 0.1) is 24.1 Å². The zero-order valence-electron chi connectivity index (χ0n) is 17.4. The number of ether oxygens (including phenoxy) is 1. The highest BCUT2D eigenvalue weighted by Gasteiger charge is 2.17. The number of amides is 1. The molecule has 3 aromatic carbocycles. The van der Waals surface area contributed by atoms with Crippen molar-refractivity contribution < 1.29 is 9.53 Å². The van der Waals surface area contributed by atoms with E-state index in [1.165, 1.54) is 11.3 Å². The fraction of sp³-hybridized carbons (Fsp3) is 0.0800. The molecule has 0 aliphatic carbocycles. The highest BCUT2D eigenvalue weighted by Crippen LogP contribution is 2.32. The number of halogens is 1. The molecule has 164 valence electrons. The van der Waals surface area contributed by atoms with Crippen molar-refractivity contribution in [3.05, 3.63) is 98.6 Å². The van der Waals surface area contributed by atoms with Gasteiger partial charge < -0.3 is 10.1 Å². The summed E-state index contributed by atoms with van der Waals surface area (Å²) >= 11 is 5.03. The molecule has 0 atom stereocenters. The summed E-state index contributed by atoms with van der Waals surface area (Å²) in [4.78, 5) is 17.4. The predicted octanol–water partition coefficient (Wildman–Crippen LogP) is 5.29. The number of aromatic nitrogens is 1. The molecule has 0 radical (unpaired) electrons. The number of benzene rings is 3. The maximum atomic E-state index is 11.8. The van der Waals surface area contributed by atoms with Crippen molar-refractivity contribution in [3.63, 3.8) is 0 Å². The molecule has 0 bridgehead atoms. The second-order valence-corrected chi connectivity index (χ2v) is 9.12. The Balaban J connectivity index is 1.57. The van der Waals surface area contributed by atoms with E-state index in [4.69, 9.17) is 14.8 Å². The lowest BCUT2D eigenvalue weighted by atomic mass is 10.1. The Labute approximate surface area is 203 Å². The smallest absolute Gasteiger partial charge is 0.262 e. The monoisotopic (exact) mass is 518 g/mol. The van der Waals surface area contributed by atoms with Crippen LogP contribution in [0.15, 0.2) is 92.7 Å². The fourth-order valence-electron chi connectivity index (χ4n) is 3.41. The van der Waals surface area contributed by atoms with Crippen LogP contribution in [0.3, 0.4) is 0 Å². The first-order valence-electron chi connectivity index (χ1n) is 10.3. The number of hydrogen-bond acceptors (Lipinski definition) is 5. The Bertz CT molecular complexity index is 1410.